The van der Waals surface area contributed by atoms with Gasteiger partial charge in [-0.1, -0.05) is 19.1 Å². The van der Waals surface area contributed by atoms with Crippen LogP contribution >= 0.6 is 0 Å². The van der Waals surface area contributed by atoms with Crippen molar-refractivity contribution in [3.8, 4) is 0 Å². The van der Waals surface area contributed by atoms with Crippen LogP contribution in [-0.4, -0.2) is 21.9 Å². The largest absolute Gasteiger partial charge is 0.392 e. The maximum atomic E-state index is 10.7. The van der Waals surface area contributed by atoms with E-state index in [1.54, 1.807) is 0 Å². The van der Waals surface area contributed by atoms with E-state index in [1.165, 1.54) is 0 Å². The normalized spacial score (nSPS) is 50.8. The van der Waals surface area contributed by atoms with Crippen LogP contribution in [0, 0.1) is 17.3 Å². The second-order valence-electron chi connectivity index (χ2n) is 6.74. The summed E-state index contributed by atoms with van der Waals surface area (Å²) in [5.74, 6) is 0.444. The Hall–Kier alpha value is -0.340. The number of aliphatic hydroxyl groups excluding tert-OH is 1. The molecule has 2 rings (SSSR count). The molecule has 2 saturated carbocycles. The van der Waals surface area contributed by atoms with Gasteiger partial charge in [0.1, 0.15) is 0 Å². The molecule has 0 aromatic rings. The lowest BCUT2D eigenvalue weighted by atomic mass is 9.51. The van der Waals surface area contributed by atoms with Gasteiger partial charge in [-0.2, -0.15) is 0 Å². The fraction of sp³-hybridized carbons (Fsp3) is 0.867. The smallest absolute Gasteiger partial charge is 0.0662 e. The van der Waals surface area contributed by atoms with E-state index >= 15 is 0 Å². The van der Waals surface area contributed by atoms with Gasteiger partial charge in [0.25, 0.3) is 0 Å². The summed E-state index contributed by atoms with van der Waals surface area (Å²) in [6, 6.07) is 0. The molecule has 0 aliphatic heterocycles. The molecule has 0 aromatic heterocycles. The van der Waals surface area contributed by atoms with Crippen LogP contribution in [0.4, 0.5) is 0 Å². The number of fused-ring (bicyclic) bond motifs is 1. The minimum Gasteiger partial charge on any atom is -0.392 e. The second-order valence-corrected chi connectivity index (χ2v) is 6.74. The predicted molar refractivity (Wildman–Crippen MR) is 69.6 cm³/mol. The summed E-state index contributed by atoms with van der Waals surface area (Å²) in [5, 5.41) is 21.2. The molecule has 0 amide bonds. The zero-order chi connectivity index (χ0) is 12.8. The van der Waals surface area contributed by atoms with E-state index in [4.69, 9.17) is 0 Å². The lowest BCUT2D eigenvalue weighted by molar-refractivity contribution is -0.171. The van der Waals surface area contributed by atoms with Gasteiger partial charge in [0.15, 0.2) is 0 Å². The van der Waals surface area contributed by atoms with E-state index in [-0.39, 0.29) is 23.4 Å². The molecule has 2 N–H and O–H groups in total. The average Bonchev–Trinajstić information content (AvgIpc) is 2.19. The summed E-state index contributed by atoms with van der Waals surface area (Å²) in [6.07, 6.45) is 4.55. The first kappa shape index (κ1) is 13.1. The minimum absolute atomic E-state index is 0.135. The van der Waals surface area contributed by atoms with Gasteiger partial charge < -0.3 is 10.2 Å². The van der Waals surface area contributed by atoms with Crippen molar-refractivity contribution in [3.05, 3.63) is 12.2 Å². The molecular formula is C15H26O2. The molecule has 17 heavy (non-hydrogen) atoms. The average molecular weight is 238 g/mol. The zero-order valence-electron chi connectivity index (χ0n) is 11.4. The molecule has 5 atom stereocenters. The van der Waals surface area contributed by atoms with Crippen molar-refractivity contribution < 1.29 is 10.2 Å². The lowest BCUT2D eigenvalue weighted by Crippen LogP contribution is -2.57. The van der Waals surface area contributed by atoms with Crippen molar-refractivity contribution in [2.75, 3.05) is 0 Å². The first-order chi connectivity index (χ1) is 7.79. The number of aliphatic hydroxyl groups is 2. The van der Waals surface area contributed by atoms with Gasteiger partial charge in [-0.15, -0.1) is 0 Å². The Morgan fingerprint density at radius 1 is 1.24 bits per heavy atom. The molecular weight excluding hydrogens is 212 g/mol. The Morgan fingerprint density at radius 3 is 2.47 bits per heavy atom. The van der Waals surface area contributed by atoms with Gasteiger partial charge in [0.2, 0.25) is 0 Å². The van der Waals surface area contributed by atoms with Crippen molar-refractivity contribution in [2.24, 2.45) is 17.3 Å². The van der Waals surface area contributed by atoms with E-state index < -0.39 is 5.60 Å². The minimum atomic E-state index is -0.603. The van der Waals surface area contributed by atoms with Gasteiger partial charge >= 0.3 is 0 Å². The second kappa shape index (κ2) is 4.10. The Balaban J connectivity index is 2.30. The zero-order valence-corrected chi connectivity index (χ0v) is 11.4. The first-order valence-corrected chi connectivity index (χ1v) is 6.85. The first-order valence-electron chi connectivity index (χ1n) is 6.85. The Morgan fingerprint density at radius 2 is 1.88 bits per heavy atom. The summed E-state index contributed by atoms with van der Waals surface area (Å²) in [5.41, 5.74) is 0.347. The molecule has 0 heterocycles. The van der Waals surface area contributed by atoms with Crippen molar-refractivity contribution >= 4 is 0 Å². The molecule has 0 spiro atoms. The topological polar surface area (TPSA) is 40.5 Å². The van der Waals surface area contributed by atoms with Crippen LogP contribution in [0.15, 0.2) is 12.2 Å². The molecule has 2 nitrogen and oxygen atoms in total. The monoisotopic (exact) mass is 238 g/mol. The molecule has 2 fully saturated rings. The summed E-state index contributed by atoms with van der Waals surface area (Å²) in [4.78, 5) is 0. The van der Waals surface area contributed by atoms with Gasteiger partial charge in [-0.25, -0.2) is 0 Å². The van der Waals surface area contributed by atoms with Crippen LogP contribution in [0.3, 0.4) is 0 Å². The van der Waals surface area contributed by atoms with E-state index in [1.807, 2.05) is 13.8 Å². The molecule has 5 unspecified atom stereocenters. The molecule has 0 saturated heterocycles. The van der Waals surface area contributed by atoms with Crippen molar-refractivity contribution in [3.63, 3.8) is 0 Å². The van der Waals surface area contributed by atoms with Gasteiger partial charge in [0, 0.05) is 5.92 Å². The molecule has 98 valence electrons. The van der Waals surface area contributed by atoms with E-state index in [2.05, 4.69) is 13.5 Å². The van der Waals surface area contributed by atoms with Gasteiger partial charge in [-0.3, -0.25) is 0 Å². The number of hydrogen-bond acceptors (Lipinski definition) is 2. The molecule has 0 bridgehead atoms. The fourth-order valence-corrected chi connectivity index (χ4v) is 4.36. The summed E-state index contributed by atoms with van der Waals surface area (Å²) < 4.78 is 0. The van der Waals surface area contributed by atoms with Crippen molar-refractivity contribution in [1.82, 2.24) is 0 Å². The third-order valence-electron chi connectivity index (χ3n) is 5.40. The molecule has 2 heteroatoms. The Kier molecular flexibility index (Phi) is 3.16. The van der Waals surface area contributed by atoms with E-state index in [0.717, 1.165) is 37.7 Å². The predicted octanol–water partition coefficient (Wildman–Crippen LogP) is 2.89. The van der Waals surface area contributed by atoms with Crippen molar-refractivity contribution in [1.29, 1.82) is 0 Å². The molecule has 2 aliphatic carbocycles. The van der Waals surface area contributed by atoms with Crippen LogP contribution in [-0.2, 0) is 0 Å². The number of rotatable bonds is 1. The van der Waals surface area contributed by atoms with Gasteiger partial charge in [0.05, 0.1) is 11.7 Å². The highest BCUT2D eigenvalue weighted by Gasteiger charge is 2.55. The third-order valence-corrected chi connectivity index (χ3v) is 5.40. The standard InChI is InChI=1S/C15H26O2/c1-10(2)11-6-7-12-14(3,13(11)16)8-5-9-15(12,4)17/h11-13,16-17H,1,5-9H2,2-4H3. The number of hydrogen-bond donors (Lipinski definition) is 2. The Labute approximate surface area is 105 Å². The third kappa shape index (κ3) is 1.96. The van der Waals surface area contributed by atoms with Crippen molar-refractivity contribution in [2.45, 2.75) is 64.6 Å². The highest BCUT2D eigenvalue weighted by Crippen LogP contribution is 2.56. The molecule has 2 aliphatic rings. The maximum absolute atomic E-state index is 10.7. The van der Waals surface area contributed by atoms with Crippen LogP contribution < -0.4 is 0 Å². The van der Waals surface area contributed by atoms with Crippen LogP contribution in [0.25, 0.3) is 0 Å². The quantitative estimate of drug-likeness (QED) is 0.690. The Bertz CT molecular complexity index is 321. The van der Waals surface area contributed by atoms with E-state index in [0.29, 0.717) is 0 Å². The fourth-order valence-electron chi connectivity index (χ4n) is 4.36. The summed E-state index contributed by atoms with van der Waals surface area (Å²) in [7, 11) is 0. The SMILES string of the molecule is C=C(C)C1CCC2C(C)(O)CCCC2(C)C1O. The summed E-state index contributed by atoms with van der Waals surface area (Å²) >= 11 is 0. The van der Waals surface area contributed by atoms with Crippen LogP contribution in [0.2, 0.25) is 0 Å². The molecule has 0 radical (unpaired) electrons. The van der Waals surface area contributed by atoms with Gasteiger partial charge in [-0.05, 0) is 57.3 Å². The lowest BCUT2D eigenvalue weighted by Gasteiger charge is -2.56. The van der Waals surface area contributed by atoms with Crippen LogP contribution in [0.5, 0.6) is 0 Å². The highest BCUT2D eigenvalue weighted by atomic mass is 16.3. The van der Waals surface area contributed by atoms with Crippen LogP contribution in [0.1, 0.15) is 52.9 Å². The summed E-state index contributed by atoms with van der Waals surface area (Å²) in [6.45, 7) is 10.1. The maximum Gasteiger partial charge on any atom is 0.0662 e. The molecule has 0 aromatic carbocycles. The van der Waals surface area contributed by atoms with E-state index in [9.17, 15) is 10.2 Å². The highest BCUT2D eigenvalue weighted by molar-refractivity contribution is 5.12.